The van der Waals surface area contributed by atoms with Crippen molar-refractivity contribution >= 4 is 86.9 Å². The summed E-state index contributed by atoms with van der Waals surface area (Å²) in [6.07, 6.45) is 0. The van der Waals surface area contributed by atoms with Gasteiger partial charge in [-0.15, -0.1) is 10.2 Å². The van der Waals surface area contributed by atoms with Crippen LogP contribution in [0.1, 0.15) is 0 Å². The maximum Gasteiger partial charge on any atom is 0.244 e. The first-order valence-corrected chi connectivity index (χ1v) is 13.6. The molecule has 9 nitrogen and oxygen atoms in total. The van der Waals surface area contributed by atoms with Crippen LogP contribution in [0.25, 0.3) is 0 Å². The van der Waals surface area contributed by atoms with Crippen LogP contribution in [-0.2, 0) is 0 Å². The van der Waals surface area contributed by atoms with Crippen molar-refractivity contribution in [3.63, 3.8) is 0 Å². The van der Waals surface area contributed by atoms with Gasteiger partial charge in [0.2, 0.25) is 33.6 Å². The molecule has 0 aromatic carbocycles. The molecular formula is C21H42B7N7O2. The Labute approximate surface area is 226 Å². The lowest BCUT2D eigenvalue weighted by Crippen LogP contribution is -2.50. The van der Waals surface area contributed by atoms with E-state index in [-0.39, 0.29) is 0 Å². The van der Waals surface area contributed by atoms with E-state index in [1.54, 1.807) is 0 Å². The summed E-state index contributed by atoms with van der Waals surface area (Å²) in [5.41, 5.74) is 4.72. The van der Waals surface area contributed by atoms with Crippen LogP contribution in [0.4, 0.5) is 0 Å². The van der Waals surface area contributed by atoms with Crippen molar-refractivity contribution in [2.24, 2.45) is 0 Å². The summed E-state index contributed by atoms with van der Waals surface area (Å²) in [7, 11) is 0. The van der Waals surface area contributed by atoms with E-state index in [1.807, 2.05) is 27.3 Å². The zero-order chi connectivity index (χ0) is 28.4. The normalized spacial score (nSPS) is 9.89. The van der Waals surface area contributed by atoms with Gasteiger partial charge in [-0.05, 0) is 0 Å². The van der Waals surface area contributed by atoms with Gasteiger partial charge in [-0.3, -0.25) is 0 Å². The highest BCUT2D eigenvalue weighted by Gasteiger charge is 2.20. The Morgan fingerprint density at radius 2 is 0.703 bits per heavy atom. The Bertz CT molecular complexity index is 963. The van der Waals surface area contributed by atoms with Crippen molar-refractivity contribution in [3.8, 4) is 0 Å². The first-order chi connectivity index (χ1) is 17.1. The van der Waals surface area contributed by atoms with Crippen molar-refractivity contribution < 1.29 is 9.05 Å². The molecule has 0 fully saturated rings. The second-order valence-electron chi connectivity index (χ2n) is 11.5. The molecule has 0 N–H and O–H groups in total. The number of nitrogens with zero attached hydrogens (tertiary/aromatic N) is 7. The van der Waals surface area contributed by atoms with E-state index in [4.69, 9.17) is 4.42 Å². The summed E-state index contributed by atoms with van der Waals surface area (Å²) in [6.45, 7) is 31.8. The van der Waals surface area contributed by atoms with Crippen molar-refractivity contribution in [2.45, 2.75) is 95.5 Å². The molecule has 0 aliphatic rings. The fourth-order valence-electron chi connectivity index (χ4n) is 2.92. The maximum atomic E-state index is 5.38. The molecule has 0 bridgehead atoms. The van der Waals surface area contributed by atoms with Gasteiger partial charge in [-0.1, -0.05) is 106 Å². The number of rotatable bonds is 7. The van der Waals surface area contributed by atoms with Crippen LogP contribution >= 0.6 is 0 Å². The molecule has 0 aliphatic heterocycles. The van der Waals surface area contributed by atoms with Crippen LogP contribution in [-0.4, -0.2) is 82.5 Å². The Morgan fingerprint density at radius 1 is 0.405 bits per heavy atom. The quantitative estimate of drug-likeness (QED) is 0.405. The number of hydrogen-bond donors (Lipinski definition) is 0. The Morgan fingerprint density at radius 3 is 0.892 bits per heavy atom. The smallest absolute Gasteiger partial charge is 0.244 e. The Balaban J connectivity index is 0.000000283. The average molecular weight is 500 g/mol. The second-order valence-corrected chi connectivity index (χ2v) is 11.5. The van der Waals surface area contributed by atoms with Gasteiger partial charge < -0.3 is 4.42 Å². The van der Waals surface area contributed by atoms with Gasteiger partial charge in [0.15, 0.2) is 25.0 Å². The molecule has 0 aliphatic carbocycles. The summed E-state index contributed by atoms with van der Waals surface area (Å²) in [4.78, 5) is 13.5. The molecule has 3 rings (SSSR count). The van der Waals surface area contributed by atoms with Crippen LogP contribution in [0.3, 0.4) is 0 Å². The van der Waals surface area contributed by atoms with E-state index in [0.29, 0.717) is 47.0 Å². The molecule has 3 heterocycles. The zero-order valence-corrected chi connectivity index (χ0v) is 25.5. The molecule has 194 valence electrons. The lowest BCUT2D eigenvalue weighted by Gasteiger charge is -2.10. The minimum Gasteiger partial charge on any atom is -0.445 e. The van der Waals surface area contributed by atoms with Crippen LogP contribution in [0.5, 0.6) is 0 Å². The summed E-state index contributed by atoms with van der Waals surface area (Å²) < 4.78 is 10.1. The molecule has 0 saturated heterocycles. The second kappa shape index (κ2) is 15.2. The molecule has 0 unspecified atom stereocenters. The molecule has 0 radical (unpaired) electrons. The first-order valence-electron chi connectivity index (χ1n) is 13.6. The molecule has 37 heavy (non-hydrogen) atoms. The summed E-state index contributed by atoms with van der Waals surface area (Å²) in [5.74, 6) is 1.46. The van der Waals surface area contributed by atoms with Gasteiger partial charge in [-0.2, -0.15) is 0 Å². The molecule has 16 heteroatoms. The average Bonchev–Trinajstić information content (AvgIpc) is 3.50. The highest BCUT2D eigenvalue weighted by molar-refractivity contribution is 6.81. The third kappa shape index (κ3) is 10.6. The molecule has 3 aromatic heterocycles. The van der Waals surface area contributed by atoms with Crippen LogP contribution in [0.2, 0.25) is 95.5 Å². The fraction of sp³-hybridized carbons (Fsp3) is 0.667. The van der Waals surface area contributed by atoms with Gasteiger partial charge in [0.05, 0.1) is 28.4 Å². The third-order valence-electron chi connectivity index (χ3n) is 5.32. The largest absolute Gasteiger partial charge is 0.445 e. The summed E-state index contributed by atoms with van der Waals surface area (Å²) in [6, 6.07) is 0. The van der Waals surface area contributed by atoms with Gasteiger partial charge in [0, 0.05) is 0 Å². The maximum absolute atomic E-state index is 5.38. The van der Waals surface area contributed by atoms with E-state index in [0.717, 1.165) is 39.9 Å². The third-order valence-corrected chi connectivity index (χ3v) is 5.32. The number of aromatic nitrogens is 7. The van der Waals surface area contributed by atoms with E-state index >= 15 is 0 Å². The van der Waals surface area contributed by atoms with Crippen molar-refractivity contribution in [1.82, 2.24) is 35.5 Å². The predicted molar refractivity (Wildman–Crippen MR) is 168 cm³/mol. The highest BCUT2D eigenvalue weighted by Crippen LogP contribution is 1.84. The topological polar surface area (TPSA) is 117 Å². The molecule has 0 saturated carbocycles. The van der Waals surface area contributed by atoms with E-state index in [1.165, 1.54) is 0 Å². The fourth-order valence-corrected chi connectivity index (χ4v) is 2.92. The van der Waals surface area contributed by atoms with Crippen LogP contribution < -0.4 is 39.9 Å². The molecule has 0 atom stereocenters. The lowest BCUT2D eigenvalue weighted by molar-refractivity contribution is 0.312. The molecule has 0 amide bonds. The highest BCUT2D eigenvalue weighted by atomic mass is 16.6. The van der Waals surface area contributed by atoms with Crippen LogP contribution in [0.15, 0.2) is 9.05 Å². The van der Waals surface area contributed by atoms with E-state index in [9.17, 15) is 0 Å². The SMILES string of the molecule is CB(C)c1nc(B(C)C)nc(B(C)C)n1.CB(C)c1nnc(B(C)C)o1.CB(C)c1nonc1B(C)C. The van der Waals surface area contributed by atoms with Crippen molar-refractivity contribution in [3.05, 3.63) is 0 Å². The Kier molecular flexibility index (Phi) is 13.5. The van der Waals surface area contributed by atoms with E-state index in [2.05, 4.69) is 108 Å². The summed E-state index contributed by atoms with van der Waals surface area (Å²) in [5, 5.41) is 15.5. The standard InChI is InChI=1S/C9H18B3N3.2C6H12B2N2O/c1-10(2)7-13-8(11(3)4)15-9(14-7)12(5)6;1-7(2)5-9-10-6(11-5)8(3)4;1-7(2)5-6(8(3)4)10-11-9-5/h1-6H3;2*1-4H3. The van der Waals surface area contributed by atoms with E-state index < -0.39 is 0 Å². The lowest BCUT2D eigenvalue weighted by atomic mass is 9.42. The molecule has 0 spiro atoms. The van der Waals surface area contributed by atoms with Gasteiger partial charge in [-0.25, -0.2) is 19.6 Å². The Hall–Kier alpha value is -2.26. The minimum absolute atomic E-state index is 0.329. The van der Waals surface area contributed by atoms with Crippen molar-refractivity contribution in [1.29, 1.82) is 0 Å². The molecular weight excluding hydrogens is 458 g/mol. The summed E-state index contributed by atoms with van der Waals surface area (Å²) >= 11 is 0. The minimum atomic E-state index is 0.329. The molecule has 3 aromatic rings. The zero-order valence-electron chi connectivity index (χ0n) is 25.5. The number of hydrogen-bond acceptors (Lipinski definition) is 9. The predicted octanol–water partition coefficient (Wildman–Crippen LogP) is -0.259. The van der Waals surface area contributed by atoms with Crippen molar-refractivity contribution in [2.75, 3.05) is 0 Å². The van der Waals surface area contributed by atoms with Gasteiger partial charge in [0.1, 0.15) is 0 Å². The van der Waals surface area contributed by atoms with Gasteiger partial charge in [0.25, 0.3) is 0 Å². The van der Waals surface area contributed by atoms with Crippen LogP contribution in [0, 0.1) is 0 Å². The monoisotopic (exact) mass is 501 g/mol. The van der Waals surface area contributed by atoms with Gasteiger partial charge >= 0.3 is 0 Å². The first kappa shape index (κ1) is 32.8.